The van der Waals surface area contributed by atoms with Crippen LogP contribution in [0.4, 0.5) is 0 Å². The molecule has 1 fully saturated rings. The van der Waals surface area contributed by atoms with Gasteiger partial charge in [0.2, 0.25) is 0 Å². The Morgan fingerprint density at radius 3 is 3.00 bits per heavy atom. The second-order valence-electron chi connectivity index (χ2n) is 5.33. The summed E-state index contributed by atoms with van der Waals surface area (Å²) in [5, 5.41) is 12.6. The van der Waals surface area contributed by atoms with E-state index in [1.54, 1.807) is 7.11 Å². The molecule has 1 N–H and O–H groups in total. The summed E-state index contributed by atoms with van der Waals surface area (Å²) < 4.78 is 5.15. The average molecular weight is 273 g/mol. The lowest BCUT2D eigenvalue weighted by molar-refractivity contribution is 0.339. The van der Waals surface area contributed by atoms with Gasteiger partial charge in [-0.05, 0) is 49.7 Å². The fourth-order valence-corrected chi connectivity index (χ4v) is 2.74. The summed E-state index contributed by atoms with van der Waals surface area (Å²) in [5.74, 6) is 1.40. The largest absolute Gasteiger partial charge is 0.495 e. The van der Waals surface area contributed by atoms with Crippen LogP contribution < -0.4 is 10.1 Å². The maximum atomic E-state index is 9.07. The third-order valence-corrected chi connectivity index (χ3v) is 3.96. The van der Waals surface area contributed by atoms with Crippen LogP contribution in [0.15, 0.2) is 18.2 Å². The molecule has 1 aromatic carbocycles. The highest BCUT2D eigenvalue weighted by molar-refractivity contribution is 5.45. The monoisotopic (exact) mass is 273 g/mol. The zero-order valence-corrected chi connectivity index (χ0v) is 12.4. The number of hydrogen-bond donors (Lipinski definition) is 1. The first-order valence-corrected chi connectivity index (χ1v) is 7.27. The SMILES string of the molecule is CCN1CCC(CNCc2ccc(OC)c(C#N)c2)C1. The first kappa shape index (κ1) is 14.8. The highest BCUT2D eigenvalue weighted by Gasteiger charge is 2.20. The van der Waals surface area contributed by atoms with Crippen molar-refractivity contribution in [2.75, 3.05) is 33.3 Å². The van der Waals surface area contributed by atoms with Gasteiger partial charge in [0.15, 0.2) is 0 Å². The van der Waals surface area contributed by atoms with Crippen LogP contribution in [0.2, 0.25) is 0 Å². The molecule has 1 heterocycles. The Balaban J connectivity index is 1.81. The maximum Gasteiger partial charge on any atom is 0.136 e. The number of methoxy groups -OCH3 is 1. The van der Waals surface area contributed by atoms with Gasteiger partial charge in [0.05, 0.1) is 12.7 Å². The molecule has 0 bridgehead atoms. The van der Waals surface area contributed by atoms with Crippen LogP contribution in [-0.4, -0.2) is 38.2 Å². The van der Waals surface area contributed by atoms with Gasteiger partial charge in [0, 0.05) is 13.1 Å². The molecule has 1 unspecified atom stereocenters. The van der Waals surface area contributed by atoms with Crippen LogP contribution in [0.5, 0.6) is 5.75 Å². The van der Waals surface area contributed by atoms with Gasteiger partial charge < -0.3 is 15.0 Å². The van der Waals surface area contributed by atoms with Crippen molar-refractivity contribution in [1.29, 1.82) is 5.26 Å². The Labute approximate surface area is 121 Å². The van der Waals surface area contributed by atoms with E-state index in [1.165, 1.54) is 19.5 Å². The molecule has 0 aliphatic carbocycles. The lowest BCUT2D eigenvalue weighted by Gasteiger charge is -2.14. The van der Waals surface area contributed by atoms with Crippen LogP contribution in [0.3, 0.4) is 0 Å². The van der Waals surface area contributed by atoms with Crippen molar-refractivity contribution in [3.8, 4) is 11.8 Å². The van der Waals surface area contributed by atoms with Crippen molar-refractivity contribution in [1.82, 2.24) is 10.2 Å². The summed E-state index contributed by atoms with van der Waals surface area (Å²) in [7, 11) is 1.59. The fraction of sp³-hybridized carbons (Fsp3) is 0.562. The minimum Gasteiger partial charge on any atom is -0.495 e. The number of rotatable bonds is 6. The van der Waals surface area contributed by atoms with Gasteiger partial charge in [0.25, 0.3) is 0 Å². The van der Waals surface area contributed by atoms with E-state index in [4.69, 9.17) is 10.00 Å². The molecule has 1 aliphatic rings. The number of likely N-dealkylation sites (tertiary alicyclic amines) is 1. The number of nitrogens with one attached hydrogen (secondary N) is 1. The van der Waals surface area contributed by atoms with E-state index in [2.05, 4.69) is 23.2 Å². The second kappa shape index (κ2) is 7.28. The van der Waals surface area contributed by atoms with Gasteiger partial charge in [0.1, 0.15) is 11.8 Å². The zero-order valence-electron chi connectivity index (χ0n) is 12.4. The molecule has 1 aromatic rings. The summed E-state index contributed by atoms with van der Waals surface area (Å²) in [4.78, 5) is 2.49. The van der Waals surface area contributed by atoms with Crippen LogP contribution in [-0.2, 0) is 6.54 Å². The van der Waals surface area contributed by atoms with Crippen molar-refractivity contribution < 1.29 is 4.74 Å². The maximum absolute atomic E-state index is 9.07. The van der Waals surface area contributed by atoms with Gasteiger partial charge in [-0.3, -0.25) is 0 Å². The molecule has 1 atom stereocenters. The van der Waals surface area contributed by atoms with Crippen molar-refractivity contribution in [2.24, 2.45) is 5.92 Å². The predicted octanol–water partition coefficient (Wildman–Crippen LogP) is 2.00. The zero-order chi connectivity index (χ0) is 14.4. The molecule has 0 aromatic heterocycles. The van der Waals surface area contributed by atoms with Crippen LogP contribution in [0, 0.1) is 17.2 Å². The van der Waals surface area contributed by atoms with Crippen molar-refractivity contribution in [3.63, 3.8) is 0 Å². The van der Waals surface area contributed by atoms with E-state index in [0.29, 0.717) is 11.3 Å². The minimum absolute atomic E-state index is 0.602. The molecule has 108 valence electrons. The van der Waals surface area contributed by atoms with E-state index in [-0.39, 0.29) is 0 Å². The molecule has 4 heteroatoms. The molecule has 0 saturated carbocycles. The third-order valence-electron chi connectivity index (χ3n) is 3.96. The normalized spacial score (nSPS) is 18.9. The van der Waals surface area contributed by atoms with Crippen LogP contribution >= 0.6 is 0 Å². The number of nitrogens with zero attached hydrogens (tertiary/aromatic N) is 2. The number of ether oxygens (including phenoxy) is 1. The van der Waals surface area contributed by atoms with Crippen molar-refractivity contribution in [2.45, 2.75) is 19.9 Å². The standard InChI is InChI=1S/C16H23N3O/c1-3-19-7-6-14(12-19)11-18-10-13-4-5-16(20-2)15(8-13)9-17/h4-5,8,14,18H,3,6-7,10-12H2,1-2H3. The van der Waals surface area contributed by atoms with Gasteiger partial charge in [-0.25, -0.2) is 0 Å². The third kappa shape index (κ3) is 3.72. The summed E-state index contributed by atoms with van der Waals surface area (Å²) in [6.45, 7) is 7.66. The van der Waals surface area contributed by atoms with Crippen LogP contribution in [0.25, 0.3) is 0 Å². The molecule has 1 aliphatic heterocycles. The molecule has 2 rings (SSSR count). The first-order chi connectivity index (χ1) is 9.76. The van der Waals surface area contributed by atoms with Crippen LogP contribution in [0.1, 0.15) is 24.5 Å². The molecule has 0 spiro atoms. The fourth-order valence-electron chi connectivity index (χ4n) is 2.74. The van der Waals surface area contributed by atoms with E-state index in [0.717, 1.165) is 31.1 Å². The van der Waals surface area contributed by atoms with E-state index >= 15 is 0 Å². The number of benzene rings is 1. The van der Waals surface area contributed by atoms with Gasteiger partial charge in [-0.2, -0.15) is 5.26 Å². The Kier molecular flexibility index (Phi) is 5.40. The number of hydrogen-bond acceptors (Lipinski definition) is 4. The Morgan fingerprint density at radius 1 is 1.50 bits per heavy atom. The predicted molar refractivity (Wildman–Crippen MR) is 79.6 cm³/mol. The van der Waals surface area contributed by atoms with E-state index in [9.17, 15) is 0 Å². The van der Waals surface area contributed by atoms with E-state index in [1.807, 2.05) is 18.2 Å². The molecule has 0 amide bonds. The topological polar surface area (TPSA) is 48.3 Å². The summed E-state index contributed by atoms with van der Waals surface area (Å²) in [6.07, 6.45) is 1.28. The Hall–Kier alpha value is -1.57. The molecular formula is C16H23N3O. The van der Waals surface area contributed by atoms with Gasteiger partial charge in [-0.15, -0.1) is 0 Å². The lowest BCUT2D eigenvalue weighted by atomic mass is 10.1. The summed E-state index contributed by atoms with van der Waals surface area (Å²) in [6, 6.07) is 7.95. The van der Waals surface area contributed by atoms with E-state index < -0.39 is 0 Å². The smallest absolute Gasteiger partial charge is 0.136 e. The first-order valence-electron chi connectivity index (χ1n) is 7.27. The second-order valence-corrected chi connectivity index (χ2v) is 5.33. The molecule has 0 radical (unpaired) electrons. The molecule has 20 heavy (non-hydrogen) atoms. The Morgan fingerprint density at radius 2 is 2.35 bits per heavy atom. The minimum atomic E-state index is 0.602. The van der Waals surface area contributed by atoms with Gasteiger partial charge in [-0.1, -0.05) is 13.0 Å². The van der Waals surface area contributed by atoms with Crippen molar-refractivity contribution >= 4 is 0 Å². The van der Waals surface area contributed by atoms with Crippen molar-refractivity contribution in [3.05, 3.63) is 29.3 Å². The lowest BCUT2D eigenvalue weighted by Crippen LogP contribution is -2.26. The highest BCUT2D eigenvalue weighted by Crippen LogP contribution is 2.19. The summed E-state index contributed by atoms with van der Waals surface area (Å²) >= 11 is 0. The van der Waals surface area contributed by atoms with Gasteiger partial charge >= 0.3 is 0 Å². The number of nitriles is 1. The summed E-state index contributed by atoms with van der Waals surface area (Å²) in [5.41, 5.74) is 1.73. The molecular weight excluding hydrogens is 250 g/mol. The Bertz CT molecular complexity index is 481. The quantitative estimate of drug-likeness (QED) is 0.861. The molecule has 4 nitrogen and oxygen atoms in total. The molecule has 1 saturated heterocycles. The highest BCUT2D eigenvalue weighted by atomic mass is 16.5. The average Bonchev–Trinajstić information content (AvgIpc) is 2.95.